The number of nitrogens with zero attached hydrogens (tertiary/aromatic N) is 2. The van der Waals surface area contributed by atoms with E-state index in [0.29, 0.717) is 30.3 Å². The number of piperidine rings is 1. The summed E-state index contributed by atoms with van der Waals surface area (Å²) in [7, 11) is 0. The monoisotopic (exact) mass is 525 g/mol. The Labute approximate surface area is 217 Å². The number of carbonyl (C=O) groups is 3. The molecule has 7 nitrogen and oxygen atoms in total. The second-order valence-corrected chi connectivity index (χ2v) is 9.52. The molecule has 198 valence electrons. The minimum atomic E-state index is -4.56. The first-order chi connectivity index (χ1) is 18.2. The van der Waals surface area contributed by atoms with E-state index < -0.39 is 23.8 Å². The average molecular weight is 526 g/mol. The average Bonchev–Trinajstić information content (AvgIpc) is 3.22. The van der Waals surface area contributed by atoms with Gasteiger partial charge in [0.2, 0.25) is 11.8 Å². The number of hydrogen-bond acceptors (Lipinski definition) is 5. The number of hydrogen-bond donors (Lipinski definition) is 1. The topological polar surface area (TPSA) is 88.6 Å². The van der Waals surface area contributed by atoms with E-state index in [-0.39, 0.29) is 36.1 Å². The fourth-order valence-corrected chi connectivity index (χ4v) is 5.07. The Morgan fingerprint density at radius 2 is 1.84 bits per heavy atom. The summed E-state index contributed by atoms with van der Waals surface area (Å²) in [5.41, 5.74) is 1.77. The summed E-state index contributed by atoms with van der Waals surface area (Å²) in [4.78, 5) is 42.0. The van der Waals surface area contributed by atoms with Crippen LogP contribution in [0.25, 0.3) is 10.9 Å². The number of unbranched alkanes of at least 4 members (excludes halogenated alkanes) is 2. The molecule has 2 aromatic carbocycles. The molecule has 0 spiro atoms. The van der Waals surface area contributed by atoms with Crippen LogP contribution in [0, 0.1) is 0 Å². The van der Waals surface area contributed by atoms with Gasteiger partial charge in [-0.05, 0) is 61.4 Å². The van der Waals surface area contributed by atoms with E-state index in [1.54, 1.807) is 24.3 Å². The van der Waals surface area contributed by atoms with Crippen molar-refractivity contribution in [3.63, 3.8) is 0 Å². The predicted molar refractivity (Wildman–Crippen MR) is 132 cm³/mol. The molecule has 38 heavy (non-hydrogen) atoms. The number of imide groups is 1. The second kappa shape index (κ2) is 10.4. The number of rotatable bonds is 8. The molecule has 3 heterocycles. The maximum absolute atomic E-state index is 13.3. The van der Waals surface area contributed by atoms with Crippen molar-refractivity contribution in [3.05, 3.63) is 70.9 Å². The van der Waals surface area contributed by atoms with E-state index in [4.69, 9.17) is 4.74 Å². The van der Waals surface area contributed by atoms with E-state index >= 15 is 0 Å². The number of benzene rings is 2. The molecule has 0 bridgehead atoms. The van der Waals surface area contributed by atoms with Crippen molar-refractivity contribution in [2.75, 3.05) is 6.61 Å². The van der Waals surface area contributed by atoms with E-state index in [1.165, 1.54) is 11.0 Å². The van der Waals surface area contributed by atoms with Crippen LogP contribution in [0.3, 0.4) is 0 Å². The quantitative estimate of drug-likeness (QED) is 0.337. The third kappa shape index (κ3) is 5.20. The Morgan fingerprint density at radius 1 is 1.03 bits per heavy atom. The third-order valence-corrected chi connectivity index (χ3v) is 7.00. The number of aryl methyl sites for hydroxylation is 1. The lowest BCUT2D eigenvalue weighted by Crippen LogP contribution is -2.52. The summed E-state index contributed by atoms with van der Waals surface area (Å²) in [5, 5.41) is 2.84. The highest BCUT2D eigenvalue weighted by atomic mass is 19.4. The van der Waals surface area contributed by atoms with Gasteiger partial charge in [0.05, 0.1) is 12.1 Å². The summed E-state index contributed by atoms with van der Waals surface area (Å²) < 4.78 is 45.5. The number of para-hydroxylation sites is 1. The van der Waals surface area contributed by atoms with Crippen LogP contribution in [0.2, 0.25) is 0 Å². The summed E-state index contributed by atoms with van der Waals surface area (Å²) >= 11 is 0. The highest BCUT2D eigenvalue weighted by molar-refractivity contribution is 6.05. The lowest BCUT2D eigenvalue weighted by Gasteiger charge is -2.29. The van der Waals surface area contributed by atoms with Crippen LogP contribution in [-0.4, -0.2) is 40.3 Å². The molecule has 2 aliphatic rings. The molecule has 3 aromatic rings. The van der Waals surface area contributed by atoms with Crippen LogP contribution in [0.15, 0.2) is 48.5 Å². The normalized spacial score (nSPS) is 17.6. The van der Waals surface area contributed by atoms with Gasteiger partial charge in [0.25, 0.3) is 5.91 Å². The van der Waals surface area contributed by atoms with Crippen LogP contribution in [0.5, 0.6) is 5.75 Å². The molecule has 1 saturated heterocycles. The number of halogens is 3. The number of aromatic nitrogens is 1. The number of alkyl halides is 3. The maximum Gasteiger partial charge on any atom is 0.433 e. The van der Waals surface area contributed by atoms with Gasteiger partial charge in [0.1, 0.15) is 17.5 Å². The number of fused-ring (bicyclic) bond motifs is 2. The molecule has 1 N–H and O–H groups in total. The highest BCUT2D eigenvalue weighted by Crippen LogP contribution is 2.34. The second-order valence-electron chi connectivity index (χ2n) is 9.52. The molecule has 0 saturated carbocycles. The molecule has 1 unspecified atom stereocenters. The third-order valence-electron chi connectivity index (χ3n) is 7.00. The number of ether oxygens (including phenoxy) is 1. The first-order valence-electron chi connectivity index (χ1n) is 12.6. The van der Waals surface area contributed by atoms with E-state index in [0.717, 1.165) is 36.5 Å². The predicted octanol–water partition coefficient (Wildman–Crippen LogP) is 4.81. The number of pyridine rings is 1. The van der Waals surface area contributed by atoms with E-state index in [9.17, 15) is 27.6 Å². The first kappa shape index (κ1) is 25.7. The molecule has 1 fully saturated rings. The van der Waals surface area contributed by atoms with Gasteiger partial charge in [-0.15, -0.1) is 0 Å². The molecule has 1 aromatic heterocycles. The Morgan fingerprint density at radius 3 is 2.63 bits per heavy atom. The minimum Gasteiger partial charge on any atom is -0.493 e. The van der Waals surface area contributed by atoms with Crippen molar-refractivity contribution in [3.8, 4) is 5.75 Å². The van der Waals surface area contributed by atoms with Gasteiger partial charge in [0, 0.05) is 30.0 Å². The van der Waals surface area contributed by atoms with Gasteiger partial charge in [-0.25, -0.2) is 4.98 Å². The van der Waals surface area contributed by atoms with Crippen molar-refractivity contribution in [2.45, 2.75) is 57.3 Å². The van der Waals surface area contributed by atoms with Gasteiger partial charge in [-0.2, -0.15) is 13.2 Å². The van der Waals surface area contributed by atoms with Crippen LogP contribution in [0.4, 0.5) is 13.2 Å². The molecule has 1 atom stereocenters. The fraction of sp³-hybridized carbons (Fsp3) is 0.357. The van der Waals surface area contributed by atoms with Gasteiger partial charge < -0.3 is 9.64 Å². The first-order valence-corrected chi connectivity index (χ1v) is 12.6. The van der Waals surface area contributed by atoms with Crippen LogP contribution >= 0.6 is 0 Å². The Kier molecular flexibility index (Phi) is 7.05. The smallest absolute Gasteiger partial charge is 0.433 e. The SMILES string of the molecule is O=C1CCC(N2Cc3c(CCCCCOc4cc(C(F)(F)F)nc5ccccc45)cccc3C2=O)C(=O)N1. The van der Waals surface area contributed by atoms with Crippen LogP contribution < -0.4 is 10.1 Å². The zero-order valence-corrected chi connectivity index (χ0v) is 20.5. The van der Waals surface area contributed by atoms with Crippen molar-refractivity contribution in [1.29, 1.82) is 0 Å². The fourth-order valence-electron chi connectivity index (χ4n) is 5.07. The van der Waals surface area contributed by atoms with Crippen molar-refractivity contribution >= 4 is 28.6 Å². The number of amides is 3. The van der Waals surface area contributed by atoms with Gasteiger partial charge in [-0.3, -0.25) is 19.7 Å². The standard InChI is InChI=1S/C28H26F3N3O4/c29-28(30,31)24-15-23(19-9-3-4-11-21(19)32-24)38-14-5-1-2-7-17-8-6-10-18-20(17)16-34(27(18)37)22-12-13-25(35)33-26(22)36/h3-4,6,8-11,15,22H,1-2,5,7,12-14,16H2,(H,33,35,36). The van der Waals surface area contributed by atoms with Gasteiger partial charge >= 0.3 is 6.18 Å². The molecule has 0 aliphatic carbocycles. The Hall–Kier alpha value is -3.95. The zero-order chi connectivity index (χ0) is 26.9. The van der Waals surface area contributed by atoms with Crippen molar-refractivity contribution in [1.82, 2.24) is 15.2 Å². The largest absolute Gasteiger partial charge is 0.493 e. The highest BCUT2D eigenvalue weighted by Gasteiger charge is 2.39. The van der Waals surface area contributed by atoms with Gasteiger partial charge in [0.15, 0.2) is 0 Å². The maximum atomic E-state index is 13.3. The number of nitrogens with one attached hydrogen (secondary N) is 1. The molecule has 0 radical (unpaired) electrons. The lowest BCUT2D eigenvalue weighted by molar-refractivity contribution is -0.141. The number of carbonyl (C=O) groups excluding carboxylic acids is 3. The summed E-state index contributed by atoms with van der Waals surface area (Å²) in [5.74, 6) is -0.797. The molecule has 5 rings (SSSR count). The molecule has 3 amide bonds. The summed E-state index contributed by atoms with van der Waals surface area (Å²) in [6, 6.07) is 12.4. The summed E-state index contributed by atoms with van der Waals surface area (Å²) in [6.07, 6.45) is -1.09. The lowest BCUT2D eigenvalue weighted by atomic mass is 9.98. The van der Waals surface area contributed by atoms with E-state index in [1.807, 2.05) is 12.1 Å². The molecular formula is C28H26F3N3O4. The van der Waals surface area contributed by atoms with Crippen molar-refractivity contribution < 1.29 is 32.3 Å². The van der Waals surface area contributed by atoms with E-state index in [2.05, 4.69) is 10.3 Å². The Balaban J connectivity index is 1.17. The minimum absolute atomic E-state index is 0.163. The molecular weight excluding hydrogens is 499 g/mol. The summed E-state index contributed by atoms with van der Waals surface area (Å²) in [6.45, 7) is 0.594. The Bertz CT molecular complexity index is 1410. The van der Waals surface area contributed by atoms with Crippen molar-refractivity contribution in [2.24, 2.45) is 0 Å². The van der Waals surface area contributed by atoms with Crippen LogP contribution in [0.1, 0.15) is 59.3 Å². The molecule has 10 heteroatoms. The zero-order valence-electron chi connectivity index (χ0n) is 20.5. The van der Waals surface area contributed by atoms with Gasteiger partial charge in [-0.1, -0.05) is 24.3 Å². The molecule has 2 aliphatic heterocycles. The van der Waals surface area contributed by atoms with Crippen LogP contribution in [-0.2, 0) is 28.7 Å².